The molecule has 34 heavy (non-hydrogen) atoms. The van der Waals surface area contributed by atoms with E-state index >= 15 is 0 Å². The molecule has 0 radical (unpaired) electrons. The summed E-state index contributed by atoms with van der Waals surface area (Å²) in [6.45, 7) is 0.833. The number of amides is 2. The van der Waals surface area contributed by atoms with Crippen LogP contribution in [-0.2, 0) is 4.79 Å². The Kier molecular flexibility index (Phi) is 8.17. The Morgan fingerprint density at radius 1 is 0.706 bits per heavy atom. The highest BCUT2D eigenvalue weighted by Gasteiger charge is 2.21. The van der Waals surface area contributed by atoms with Gasteiger partial charge in [-0.15, -0.1) is 0 Å². The predicted octanol–water partition coefficient (Wildman–Crippen LogP) is 5.92. The lowest BCUT2D eigenvalue weighted by molar-refractivity contribution is -0.120. The Morgan fingerprint density at radius 3 is 2.00 bits per heavy atom. The van der Waals surface area contributed by atoms with Crippen molar-refractivity contribution in [2.24, 2.45) is 5.92 Å². The molecule has 6 nitrogen and oxygen atoms in total. The van der Waals surface area contributed by atoms with Gasteiger partial charge in [-0.3, -0.25) is 9.59 Å². The molecule has 6 heteroatoms. The van der Waals surface area contributed by atoms with Crippen molar-refractivity contribution in [2.45, 2.75) is 32.1 Å². The van der Waals surface area contributed by atoms with Gasteiger partial charge in [-0.1, -0.05) is 43.5 Å². The Hall–Kier alpha value is -3.80. The number of carbonyl (C=O) groups is 2. The van der Waals surface area contributed by atoms with Gasteiger partial charge in [-0.05, 0) is 67.4 Å². The topological polar surface area (TPSA) is 76.7 Å². The molecule has 0 aromatic heterocycles. The zero-order valence-electron chi connectivity index (χ0n) is 19.2. The summed E-state index contributed by atoms with van der Waals surface area (Å²) in [5.41, 5.74) is 1.84. The maximum atomic E-state index is 12.7. The molecule has 0 aliphatic heterocycles. The van der Waals surface area contributed by atoms with Crippen LogP contribution >= 0.6 is 0 Å². The lowest BCUT2D eigenvalue weighted by Gasteiger charge is -2.20. The average molecular weight is 459 g/mol. The summed E-state index contributed by atoms with van der Waals surface area (Å²) >= 11 is 0. The van der Waals surface area contributed by atoms with Crippen molar-refractivity contribution >= 4 is 23.2 Å². The summed E-state index contributed by atoms with van der Waals surface area (Å²) in [5.74, 6) is 1.39. The molecule has 2 N–H and O–H groups in total. The first-order chi connectivity index (χ1) is 16.7. The number of benzene rings is 3. The quantitative estimate of drug-likeness (QED) is 0.391. The minimum atomic E-state index is -0.227. The molecule has 1 aliphatic rings. The van der Waals surface area contributed by atoms with Crippen LogP contribution in [-0.4, -0.2) is 25.0 Å². The molecule has 1 fully saturated rings. The summed E-state index contributed by atoms with van der Waals surface area (Å²) in [6.07, 6.45) is 5.32. The molecule has 4 rings (SSSR count). The Balaban J connectivity index is 1.25. The van der Waals surface area contributed by atoms with Gasteiger partial charge in [0.25, 0.3) is 5.91 Å². The highest BCUT2D eigenvalue weighted by molar-refractivity contribution is 6.04. The minimum absolute atomic E-state index is 0.0629. The highest BCUT2D eigenvalue weighted by atomic mass is 16.5. The number of para-hydroxylation sites is 1. The minimum Gasteiger partial charge on any atom is -0.490 e. The lowest BCUT2D eigenvalue weighted by atomic mass is 9.88. The first-order valence-corrected chi connectivity index (χ1v) is 11.8. The van der Waals surface area contributed by atoms with Gasteiger partial charge in [0.15, 0.2) is 0 Å². The predicted molar refractivity (Wildman–Crippen MR) is 133 cm³/mol. The zero-order valence-corrected chi connectivity index (χ0v) is 19.2. The van der Waals surface area contributed by atoms with Crippen LogP contribution in [0.3, 0.4) is 0 Å². The Bertz CT molecular complexity index is 1080. The SMILES string of the molecule is O=C(Nc1cccc(NC(=O)C2CCCCC2)c1)c1ccc(OCCOc2ccccc2)cc1. The number of carbonyl (C=O) groups excluding carboxylic acids is 2. The average Bonchev–Trinajstić information content (AvgIpc) is 2.88. The second kappa shape index (κ2) is 11.9. The molecule has 0 bridgehead atoms. The Labute approximate surface area is 200 Å². The van der Waals surface area contributed by atoms with Crippen molar-refractivity contribution in [1.82, 2.24) is 0 Å². The summed E-state index contributed by atoms with van der Waals surface area (Å²) in [6, 6.07) is 23.8. The molecule has 2 amide bonds. The van der Waals surface area contributed by atoms with Crippen LogP contribution in [0.4, 0.5) is 11.4 Å². The standard InChI is InChI=1S/C28H30N2O4/c31-27(21-8-3-1-4-9-21)29-23-10-7-11-24(20-23)30-28(32)22-14-16-26(17-15-22)34-19-18-33-25-12-5-2-6-13-25/h2,5-7,10-17,20-21H,1,3-4,8-9,18-19H2,(H,29,31)(H,30,32). The molecule has 3 aromatic rings. The summed E-state index contributed by atoms with van der Waals surface area (Å²) in [7, 11) is 0. The molecule has 3 aromatic carbocycles. The van der Waals surface area contributed by atoms with Crippen LogP contribution in [0.5, 0.6) is 11.5 Å². The number of hydrogen-bond donors (Lipinski definition) is 2. The van der Waals surface area contributed by atoms with E-state index < -0.39 is 0 Å². The molecule has 0 spiro atoms. The van der Waals surface area contributed by atoms with Crippen LogP contribution in [0.25, 0.3) is 0 Å². The summed E-state index contributed by atoms with van der Waals surface area (Å²) in [4.78, 5) is 25.2. The van der Waals surface area contributed by atoms with Crippen LogP contribution in [0.2, 0.25) is 0 Å². The largest absolute Gasteiger partial charge is 0.490 e. The van der Waals surface area contributed by atoms with Gasteiger partial charge in [0, 0.05) is 22.9 Å². The van der Waals surface area contributed by atoms with E-state index in [1.165, 1.54) is 6.42 Å². The van der Waals surface area contributed by atoms with Crippen molar-refractivity contribution in [3.05, 3.63) is 84.4 Å². The van der Waals surface area contributed by atoms with E-state index in [4.69, 9.17) is 9.47 Å². The van der Waals surface area contributed by atoms with Crippen molar-refractivity contribution in [1.29, 1.82) is 0 Å². The van der Waals surface area contributed by atoms with E-state index in [1.54, 1.807) is 36.4 Å². The van der Waals surface area contributed by atoms with E-state index in [0.29, 0.717) is 35.9 Å². The van der Waals surface area contributed by atoms with Gasteiger partial charge in [0.05, 0.1) is 0 Å². The number of ether oxygens (including phenoxy) is 2. The fraction of sp³-hybridized carbons (Fsp3) is 0.286. The molecule has 0 unspecified atom stereocenters. The highest BCUT2D eigenvalue weighted by Crippen LogP contribution is 2.25. The summed E-state index contributed by atoms with van der Waals surface area (Å²) < 4.78 is 11.3. The van der Waals surface area contributed by atoms with Crippen LogP contribution < -0.4 is 20.1 Å². The molecular formula is C28H30N2O4. The van der Waals surface area contributed by atoms with Gasteiger partial charge in [-0.2, -0.15) is 0 Å². The molecule has 1 saturated carbocycles. The van der Waals surface area contributed by atoms with E-state index in [1.807, 2.05) is 42.5 Å². The van der Waals surface area contributed by atoms with E-state index in [0.717, 1.165) is 31.4 Å². The zero-order chi connectivity index (χ0) is 23.6. The molecule has 176 valence electrons. The van der Waals surface area contributed by atoms with Crippen molar-refractivity contribution in [3.8, 4) is 11.5 Å². The van der Waals surface area contributed by atoms with E-state index in [-0.39, 0.29) is 17.7 Å². The molecule has 1 aliphatic carbocycles. The van der Waals surface area contributed by atoms with E-state index in [9.17, 15) is 9.59 Å². The van der Waals surface area contributed by atoms with Gasteiger partial charge in [0.1, 0.15) is 24.7 Å². The van der Waals surface area contributed by atoms with Gasteiger partial charge in [0.2, 0.25) is 5.91 Å². The second-order valence-electron chi connectivity index (χ2n) is 8.39. The first-order valence-electron chi connectivity index (χ1n) is 11.8. The number of rotatable bonds is 9. The van der Waals surface area contributed by atoms with Crippen molar-refractivity contribution in [2.75, 3.05) is 23.8 Å². The first kappa shape index (κ1) is 23.4. The van der Waals surface area contributed by atoms with Crippen molar-refractivity contribution < 1.29 is 19.1 Å². The third kappa shape index (κ3) is 6.85. The van der Waals surface area contributed by atoms with E-state index in [2.05, 4.69) is 10.6 Å². The third-order valence-corrected chi connectivity index (χ3v) is 5.84. The van der Waals surface area contributed by atoms with Crippen LogP contribution in [0, 0.1) is 5.92 Å². The molecule has 0 heterocycles. The fourth-order valence-electron chi connectivity index (χ4n) is 4.03. The lowest BCUT2D eigenvalue weighted by Crippen LogP contribution is -2.24. The third-order valence-electron chi connectivity index (χ3n) is 5.84. The number of nitrogens with one attached hydrogen (secondary N) is 2. The normalized spacial score (nSPS) is 13.6. The maximum Gasteiger partial charge on any atom is 0.255 e. The Morgan fingerprint density at radius 2 is 1.32 bits per heavy atom. The van der Waals surface area contributed by atoms with Crippen LogP contribution in [0.1, 0.15) is 42.5 Å². The van der Waals surface area contributed by atoms with Gasteiger partial charge in [-0.25, -0.2) is 0 Å². The molecule has 0 saturated heterocycles. The smallest absolute Gasteiger partial charge is 0.255 e. The number of hydrogen-bond acceptors (Lipinski definition) is 4. The fourth-order valence-corrected chi connectivity index (χ4v) is 4.03. The van der Waals surface area contributed by atoms with Gasteiger partial charge >= 0.3 is 0 Å². The maximum absolute atomic E-state index is 12.7. The molecular weight excluding hydrogens is 428 g/mol. The molecule has 0 atom stereocenters. The second-order valence-corrected chi connectivity index (χ2v) is 8.39. The van der Waals surface area contributed by atoms with Crippen molar-refractivity contribution in [3.63, 3.8) is 0 Å². The summed E-state index contributed by atoms with van der Waals surface area (Å²) in [5, 5.41) is 5.88. The number of anilines is 2. The monoisotopic (exact) mass is 458 g/mol. The van der Waals surface area contributed by atoms with Crippen LogP contribution in [0.15, 0.2) is 78.9 Å². The van der Waals surface area contributed by atoms with Gasteiger partial charge < -0.3 is 20.1 Å².